The quantitative estimate of drug-likeness (QED) is 0.815. The molecule has 106 valence electrons. The number of pyridine rings is 1. The van der Waals surface area contributed by atoms with E-state index in [0.717, 1.165) is 17.8 Å². The molecule has 0 aliphatic heterocycles. The molecule has 2 aromatic rings. The minimum absolute atomic E-state index is 0.0649. The highest BCUT2D eigenvalue weighted by molar-refractivity contribution is 7.89. The second-order valence-corrected chi connectivity index (χ2v) is 5.96. The average Bonchev–Trinajstić information content (AvgIpc) is 2.38. The number of nitrogen functional groups attached to an aromatic ring is 1. The summed E-state index contributed by atoms with van der Waals surface area (Å²) in [6.45, 7) is 0.176. The van der Waals surface area contributed by atoms with Crippen molar-refractivity contribution in [3.8, 4) is 0 Å². The van der Waals surface area contributed by atoms with Gasteiger partial charge in [-0.1, -0.05) is 6.07 Å². The Balaban J connectivity index is 2.04. The van der Waals surface area contributed by atoms with Crippen molar-refractivity contribution in [3.63, 3.8) is 0 Å². The molecule has 5 nitrogen and oxygen atoms in total. The van der Waals surface area contributed by atoms with E-state index in [4.69, 9.17) is 5.73 Å². The number of nitrogens with one attached hydrogen (secondary N) is 1. The smallest absolute Gasteiger partial charge is 0.240 e. The molecular formula is C13H14FN3O2S. The van der Waals surface area contributed by atoms with E-state index in [1.807, 2.05) is 6.07 Å². The fourth-order valence-corrected chi connectivity index (χ4v) is 2.78. The van der Waals surface area contributed by atoms with Crippen molar-refractivity contribution >= 4 is 15.7 Å². The third kappa shape index (κ3) is 3.75. The number of hydrogen-bond acceptors (Lipinski definition) is 4. The summed E-state index contributed by atoms with van der Waals surface area (Å²) in [5.74, 6) is -0.685. The molecule has 0 aliphatic carbocycles. The zero-order chi connectivity index (χ0) is 14.6. The fraction of sp³-hybridized carbons (Fsp3) is 0.154. The molecule has 0 unspecified atom stereocenters. The van der Waals surface area contributed by atoms with Gasteiger partial charge < -0.3 is 5.73 Å². The molecule has 20 heavy (non-hydrogen) atoms. The van der Waals surface area contributed by atoms with Gasteiger partial charge in [0.15, 0.2) is 0 Å². The van der Waals surface area contributed by atoms with Gasteiger partial charge in [-0.15, -0.1) is 0 Å². The summed E-state index contributed by atoms with van der Waals surface area (Å²) in [5, 5.41) is 0. The topological polar surface area (TPSA) is 85.1 Å². The first kappa shape index (κ1) is 14.4. The zero-order valence-corrected chi connectivity index (χ0v) is 11.4. The van der Waals surface area contributed by atoms with Gasteiger partial charge >= 0.3 is 0 Å². The molecule has 0 atom stereocenters. The lowest BCUT2D eigenvalue weighted by atomic mass is 10.3. The van der Waals surface area contributed by atoms with Crippen LogP contribution in [0.2, 0.25) is 0 Å². The van der Waals surface area contributed by atoms with Crippen LogP contribution in [-0.4, -0.2) is 19.9 Å². The maximum absolute atomic E-state index is 13.2. The molecule has 1 aromatic carbocycles. The summed E-state index contributed by atoms with van der Waals surface area (Å²) in [5.41, 5.74) is 6.27. The number of aromatic nitrogens is 1. The van der Waals surface area contributed by atoms with Crippen LogP contribution in [0.1, 0.15) is 5.69 Å². The van der Waals surface area contributed by atoms with E-state index < -0.39 is 15.8 Å². The second kappa shape index (κ2) is 5.98. The predicted octanol–water partition coefficient (Wildman–Crippen LogP) is 1.32. The van der Waals surface area contributed by atoms with E-state index in [-0.39, 0.29) is 17.1 Å². The molecule has 0 bridgehead atoms. The second-order valence-electron chi connectivity index (χ2n) is 4.19. The summed E-state index contributed by atoms with van der Waals surface area (Å²) >= 11 is 0. The van der Waals surface area contributed by atoms with Crippen LogP contribution in [0.25, 0.3) is 0 Å². The summed E-state index contributed by atoms with van der Waals surface area (Å²) in [6, 6.07) is 8.61. The Kier molecular flexibility index (Phi) is 4.31. The van der Waals surface area contributed by atoms with Gasteiger partial charge in [0, 0.05) is 30.5 Å². The van der Waals surface area contributed by atoms with Crippen LogP contribution in [0.3, 0.4) is 0 Å². The fourth-order valence-electron chi connectivity index (χ4n) is 1.68. The largest absolute Gasteiger partial charge is 0.399 e. The molecule has 2 rings (SSSR count). The minimum atomic E-state index is -3.77. The van der Waals surface area contributed by atoms with Crippen LogP contribution in [0.4, 0.5) is 10.1 Å². The highest BCUT2D eigenvalue weighted by Crippen LogP contribution is 2.15. The van der Waals surface area contributed by atoms with E-state index in [1.165, 1.54) is 6.07 Å². The molecule has 7 heteroatoms. The molecule has 1 heterocycles. The minimum Gasteiger partial charge on any atom is -0.399 e. The summed E-state index contributed by atoms with van der Waals surface area (Å²) < 4.78 is 39.5. The molecule has 0 radical (unpaired) electrons. The Morgan fingerprint density at radius 3 is 2.70 bits per heavy atom. The molecule has 0 saturated carbocycles. The Hall–Kier alpha value is -1.99. The number of rotatable bonds is 5. The summed E-state index contributed by atoms with van der Waals surface area (Å²) in [7, 11) is -3.77. The number of benzene rings is 1. The SMILES string of the molecule is Nc1cc(F)cc(S(=O)(=O)NCCc2ccccn2)c1. The monoisotopic (exact) mass is 295 g/mol. The molecular weight excluding hydrogens is 281 g/mol. The molecule has 0 amide bonds. The van der Waals surface area contributed by atoms with Crippen LogP contribution >= 0.6 is 0 Å². The van der Waals surface area contributed by atoms with Crippen LogP contribution in [-0.2, 0) is 16.4 Å². The van der Waals surface area contributed by atoms with E-state index in [9.17, 15) is 12.8 Å². The first-order chi connectivity index (χ1) is 9.47. The standard InChI is InChI=1S/C13H14FN3O2S/c14-10-7-11(15)9-13(8-10)20(18,19)17-6-4-12-3-1-2-5-16-12/h1-3,5,7-9,17H,4,6,15H2. The molecule has 1 aromatic heterocycles. The van der Waals surface area contributed by atoms with E-state index in [0.29, 0.717) is 6.42 Å². The van der Waals surface area contributed by atoms with E-state index in [1.54, 1.807) is 18.3 Å². The van der Waals surface area contributed by atoms with Crippen LogP contribution < -0.4 is 10.5 Å². The maximum atomic E-state index is 13.2. The highest BCUT2D eigenvalue weighted by atomic mass is 32.2. The van der Waals surface area contributed by atoms with Gasteiger partial charge in [0.25, 0.3) is 0 Å². The highest BCUT2D eigenvalue weighted by Gasteiger charge is 2.15. The molecule has 0 aliphatic rings. The van der Waals surface area contributed by atoms with E-state index >= 15 is 0 Å². The predicted molar refractivity (Wildman–Crippen MR) is 73.9 cm³/mol. The van der Waals surface area contributed by atoms with Crippen molar-refractivity contribution in [2.45, 2.75) is 11.3 Å². The van der Waals surface area contributed by atoms with Gasteiger partial charge in [-0.2, -0.15) is 0 Å². The van der Waals surface area contributed by atoms with Gasteiger partial charge in [-0.25, -0.2) is 17.5 Å². The number of anilines is 1. The number of nitrogens with zero attached hydrogens (tertiary/aromatic N) is 1. The zero-order valence-electron chi connectivity index (χ0n) is 10.6. The Morgan fingerprint density at radius 1 is 1.25 bits per heavy atom. The van der Waals surface area contributed by atoms with Crippen LogP contribution in [0.5, 0.6) is 0 Å². The molecule has 0 saturated heterocycles. The van der Waals surface area contributed by atoms with Gasteiger partial charge in [0.05, 0.1) is 4.90 Å². The molecule has 3 N–H and O–H groups in total. The molecule has 0 fully saturated rings. The van der Waals surface area contributed by atoms with Gasteiger partial charge in [0.1, 0.15) is 5.82 Å². The van der Waals surface area contributed by atoms with Crippen LogP contribution in [0.15, 0.2) is 47.5 Å². The normalized spacial score (nSPS) is 11.4. The number of halogens is 1. The first-order valence-electron chi connectivity index (χ1n) is 5.93. The van der Waals surface area contributed by atoms with Crippen molar-refractivity contribution < 1.29 is 12.8 Å². The number of sulfonamides is 1. The third-order valence-electron chi connectivity index (χ3n) is 2.60. The average molecular weight is 295 g/mol. The lowest BCUT2D eigenvalue weighted by Crippen LogP contribution is -2.26. The molecule has 0 spiro atoms. The maximum Gasteiger partial charge on any atom is 0.240 e. The third-order valence-corrected chi connectivity index (χ3v) is 4.04. The van der Waals surface area contributed by atoms with Crippen molar-refractivity contribution in [2.75, 3.05) is 12.3 Å². The van der Waals surface area contributed by atoms with Gasteiger partial charge in [-0.3, -0.25) is 4.98 Å². The van der Waals surface area contributed by atoms with Crippen molar-refractivity contribution in [1.29, 1.82) is 0 Å². The first-order valence-corrected chi connectivity index (χ1v) is 7.41. The van der Waals surface area contributed by atoms with E-state index in [2.05, 4.69) is 9.71 Å². The van der Waals surface area contributed by atoms with Crippen molar-refractivity contribution in [1.82, 2.24) is 9.71 Å². The Labute approximate surface area is 116 Å². The Morgan fingerprint density at radius 2 is 2.05 bits per heavy atom. The van der Waals surface area contributed by atoms with Crippen LogP contribution in [0, 0.1) is 5.82 Å². The summed E-state index contributed by atoms with van der Waals surface area (Å²) in [6.07, 6.45) is 2.09. The lowest BCUT2D eigenvalue weighted by Gasteiger charge is -2.07. The van der Waals surface area contributed by atoms with Gasteiger partial charge in [-0.05, 0) is 30.3 Å². The van der Waals surface area contributed by atoms with Crippen molar-refractivity contribution in [2.24, 2.45) is 0 Å². The Bertz CT molecular complexity index is 670. The number of hydrogen-bond donors (Lipinski definition) is 2. The lowest BCUT2D eigenvalue weighted by molar-refractivity contribution is 0.577. The number of nitrogens with two attached hydrogens (primary N) is 1. The summed E-state index contributed by atoms with van der Waals surface area (Å²) in [4.78, 5) is 3.90. The van der Waals surface area contributed by atoms with Gasteiger partial charge in [0.2, 0.25) is 10.0 Å². The van der Waals surface area contributed by atoms with Crippen molar-refractivity contribution in [3.05, 3.63) is 54.1 Å².